The number of methoxy groups -OCH3 is 1. The second kappa shape index (κ2) is 7.85. The van der Waals surface area contributed by atoms with Gasteiger partial charge in [-0.3, -0.25) is 9.69 Å². The molecule has 25 heavy (non-hydrogen) atoms. The van der Waals surface area contributed by atoms with E-state index in [1.807, 2.05) is 4.90 Å². The third kappa shape index (κ3) is 4.05. The van der Waals surface area contributed by atoms with Crippen molar-refractivity contribution in [3.8, 4) is 0 Å². The molecule has 2 aliphatic heterocycles. The van der Waals surface area contributed by atoms with Crippen LogP contribution in [-0.4, -0.2) is 66.3 Å². The van der Waals surface area contributed by atoms with Gasteiger partial charge in [0.2, 0.25) is 5.91 Å². The highest BCUT2D eigenvalue weighted by Gasteiger charge is 2.45. The topological polar surface area (TPSA) is 53.0 Å². The first-order valence-corrected chi connectivity index (χ1v) is 9.34. The van der Waals surface area contributed by atoms with Crippen LogP contribution in [0.25, 0.3) is 0 Å². The summed E-state index contributed by atoms with van der Waals surface area (Å²) in [5.74, 6) is 0.141. The van der Waals surface area contributed by atoms with Gasteiger partial charge < -0.3 is 14.7 Å². The fourth-order valence-corrected chi connectivity index (χ4v) is 4.25. The van der Waals surface area contributed by atoms with Crippen LogP contribution in [-0.2, 0) is 22.5 Å². The zero-order chi connectivity index (χ0) is 17.9. The molecule has 5 heteroatoms. The number of likely N-dealkylation sites (tertiary alicyclic amines) is 2. The Hall–Kier alpha value is -1.43. The molecule has 1 N–H and O–H groups in total. The Labute approximate surface area is 150 Å². The number of aryl methyl sites for hydroxylation is 1. The maximum atomic E-state index is 12.1. The van der Waals surface area contributed by atoms with Crippen molar-refractivity contribution < 1.29 is 14.6 Å². The van der Waals surface area contributed by atoms with Crippen LogP contribution in [0.1, 0.15) is 30.9 Å². The van der Waals surface area contributed by atoms with E-state index in [0.29, 0.717) is 19.5 Å². The van der Waals surface area contributed by atoms with Gasteiger partial charge in [-0.1, -0.05) is 31.2 Å². The van der Waals surface area contributed by atoms with Crippen molar-refractivity contribution >= 4 is 5.91 Å². The minimum absolute atomic E-state index is 0.0259. The van der Waals surface area contributed by atoms with Gasteiger partial charge in [-0.2, -0.15) is 0 Å². The normalized spacial score (nSPS) is 27.2. The van der Waals surface area contributed by atoms with Crippen LogP contribution in [0.3, 0.4) is 0 Å². The van der Waals surface area contributed by atoms with Crippen molar-refractivity contribution in [2.45, 2.75) is 38.3 Å². The van der Waals surface area contributed by atoms with Crippen molar-refractivity contribution in [3.63, 3.8) is 0 Å². The van der Waals surface area contributed by atoms with Crippen LogP contribution in [0.2, 0.25) is 0 Å². The summed E-state index contributed by atoms with van der Waals surface area (Å²) in [6.07, 6.45) is 2.50. The Kier molecular flexibility index (Phi) is 5.77. The van der Waals surface area contributed by atoms with Crippen LogP contribution < -0.4 is 0 Å². The Morgan fingerprint density at radius 2 is 1.96 bits per heavy atom. The first-order valence-electron chi connectivity index (χ1n) is 9.34. The molecule has 1 aromatic rings. The number of carbonyl (C=O) groups excluding carboxylic acids is 1. The lowest BCUT2D eigenvalue weighted by Gasteiger charge is -2.50. The summed E-state index contributed by atoms with van der Waals surface area (Å²) in [5.41, 5.74) is 2.15. The van der Waals surface area contributed by atoms with E-state index in [0.717, 1.165) is 32.5 Å². The van der Waals surface area contributed by atoms with Crippen LogP contribution in [0, 0.1) is 5.92 Å². The van der Waals surface area contributed by atoms with E-state index in [2.05, 4.69) is 36.1 Å². The lowest BCUT2D eigenvalue weighted by molar-refractivity contribution is -0.150. The summed E-state index contributed by atoms with van der Waals surface area (Å²) in [6.45, 7) is 6.25. The fraction of sp³-hybridized carbons (Fsp3) is 0.650. The summed E-state index contributed by atoms with van der Waals surface area (Å²) < 4.78 is 4.98. The lowest BCUT2D eigenvalue weighted by Crippen LogP contribution is -2.60. The van der Waals surface area contributed by atoms with E-state index in [4.69, 9.17) is 4.74 Å². The van der Waals surface area contributed by atoms with Crippen LogP contribution in [0.15, 0.2) is 24.3 Å². The summed E-state index contributed by atoms with van der Waals surface area (Å²) in [7, 11) is 1.55. The summed E-state index contributed by atoms with van der Waals surface area (Å²) in [5, 5.41) is 11.0. The average molecular weight is 346 g/mol. The van der Waals surface area contributed by atoms with Crippen LogP contribution in [0.5, 0.6) is 0 Å². The smallest absolute Gasteiger partial charge is 0.248 e. The monoisotopic (exact) mass is 346 g/mol. The van der Waals surface area contributed by atoms with Gasteiger partial charge in [0.15, 0.2) is 0 Å². The maximum Gasteiger partial charge on any atom is 0.248 e. The average Bonchev–Trinajstić information content (AvgIpc) is 2.62. The third-order valence-corrected chi connectivity index (χ3v) is 5.87. The van der Waals surface area contributed by atoms with Gasteiger partial charge in [-0.25, -0.2) is 0 Å². The van der Waals surface area contributed by atoms with Crippen LogP contribution in [0.4, 0.5) is 0 Å². The molecule has 0 bridgehead atoms. The molecule has 2 aliphatic rings. The number of fused-ring (bicyclic) bond motifs is 1. The summed E-state index contributed by atoms with van der Waals surface area (Å²) >= 11 is 0. The molecule has 3 rings (SSSR count). The molecule has 0 unspecified atom stereocenters. The molecule has 0 spiro atoms. The van der Waals surface area contributed by atoms with Gasteiger partial charge in [-0.15, -0.1) is 0 Å². The van der Waals surface area contributed by atoms with Gasteiger partial charge >= 0.3 is 0 Å². The van der Waals surface area contributed by atoms with Crippen LogP contribution >= 0.6 is 0 Å². The number of piperidine rings is 2. The first-order chi connectivity index (χ1) is 12.1. The van der Waals surface area contributed by atoms with Crippen molar-refractivity contribution in [1.82, 2.24) is 9.80 Å². The number of aliphatic hydroxyl groups is 1. The van der Waals surface area contributed by atoms with E-state index in [1.165, 1.54) is 11.1 Å². The molecule has 0 radical (unpaired) electrons. The number of ether oxygens (including phenoxy) is 1. The Bertz CT molecular complexity index is 606. The Morgan fingerprint density at radius 1 is 1.24 bits per heavy atom. The molecule has 5 nitrogen and oxygen atoms in total. The SMILES string of the molecule is CCc1ccccc1CN1CC[C@@]2(O)CCN(C(=O)COC)C[C@H]2C1. The van der Waals surface area contributed by atoms with E-state index in [9.17, 15) is 9.90 Å². The molecule has 0 aliphatic carbocycles. The quantitative estimate of drug-likeness (QED) is 0.881. The fourth-order valence-electron chi connectivity index (χ4n) is 4.25. The number of hydrogen-bond donors (Lipinski definition) is 1. The standard InChI is InChI=1S/C20H30N2O3/c1-3-16-6-4-5-7-17(16)12-21-10-8-20(24)9-11-22(14-18(20)13-21)19(23)15-25-2/h4-7,18,24H,3,8-15H2,1-2H3/t18-,20-/m1/s1. The highest BCUT2D eigenvalue weighted by molar-refractivity contribution is 5.77. The minimum Gasteiger partial charge on any atom is -0.389 e. The number of amides is 1. The molecule has 0 aromatic heterocycles. The maximum absolute atomic E-state index is 12.1. The van der Waals surface area contributed by atoms with Crippen molar-refractivity contribution in [2.24, 2.45) is 5.92 Å². The lowest BCUT2D eigenvalue weighted by atomic mass is 9.75. The van der Waals surface area contributed by atoms with Gasteiger partial charge in [-0.05, 0) is 30.4 Å². The van der Waals surface area contributed by atoms with Crippen molar-refractivity contribution in [3.05, 3.63) is 35.4 Å². The number of carbonyl (C=O) groups is 1. The second-order valence-electron chi connectivity index (χ2n) is 7.43. The third-order valence-electron chi connectivity index (χ3n) is 5.87. The molecule has 1 aromatic carbocycles. The summed E-state index contributed by atoms with van der Waals surface area (Å²) in [4.78, 5) is 16.4. The predicted molar refractivity (Wildman–Crippen MR) is 97.2 cm³/mol. The van der Waals surface area contributed by atoms with Gasteiger partial charge in [0, 0.05) is 45.8 Å². The minimum atomic E-state index is -0.620. The number of benzene rings is 1. The van der Waals surface area contributed by atoms with E-state index in [1.54, 1.807) is 7.11 Å². The van der Waals surface area contributed by atoms with E-state index < -0.39 is 5.60 Å². The van der Waals surface area contributed by atoms with E-state index in [-0.39, 0.29) is 18.4 Å². The molecule has 0 saturated carbocycles. The summed E-state index contributed by atoms with van der Waals surface area (Å²) in [6, 6.07) is 8.59. The zero-order valence-corrected chi connectivity index (χ0v) is 15.4. The highest BCUT2D eigenvalue weighted by atomic mass is 16.5. The molecule has 2 saturated heterocycles. The molecule has 1 amide bonds. The Balaban J connectivity index is 1.66. The molecule has 2 heterocycles. The zero-order valence-electron chi connectivity index (χ0n) is 15.4. The highest BCUT2D eigenvalue weighted by Crippen LogP contribution is 2.36. The number of hydrogen-bond acceptors (Lipinski definition) is 4. The van der Waals surface area contributed by atoms with Gasteiger partial charge in [0.25, 0.3) is 0 Å². The van der Waals surface area contributed by atoms with Gasteiger partial charge in [0.05, 0.1) is 5.60 Å². The largest absolute Gasteiger partial charge is 0.389 e. The van der Waals surface area contributed by atoms with Crippen molar-refractivity contribution in [2.75, 3.05) is 39.9 Å². The number of rotatable bonds is 5. The molecular weight excluding hydrogens is 316 g/mol. The van der Waals surface area contributed by atoms with E-state index >= 15 is 0 Å². The second-order valence-corrected chi connectivity index (χ2v) is 7.43. The Morgan fingerprint density at radius 3 is 2.68 bits per heavy atom. The predicted octanol–water partition coefficient (Wildman–Crippen LogP) is 1.68. The number of nitrogens with zero attached hydrogens (tertiary/aromatic N) is 2. The molecule has 2 atom stereocenters. The van der Waals surface area contributed by atoms with Gasteiger partial charge in [0.1, 0.15) is 6.61 Å². The van der Waals surface area contributed by atoms with Crippen molar-refractivity contribution in [1.29, 1.82) is 0 Å². The first kappa shape index (κ1) is 18.4. The molecule has 2 fully saturated rings. The molecular formula is C20H30N2O3. The molecule has 138 valence electrons.